The van der Waals surface area contributed by atoms with Crippen molar-refractivity contribution in [1.29, 1.82) is 0 Å². The first-order chi connectivity index (χ1) is 10.0. The zero-order chi connectivity index (χ0) is 15.0. The number of benzene rings is 1. The van der Waals surface area contributed by atoms with Gasteiger partial charge in [0.1, 0.15) is 5.02 Å². The number of rotatable bonds is 4. The van der Waals surface area contributed by atoms with Crippen LogP contribution in [0.15, 0.2) is 22.6 Å². The van der Waals surface area contributed by atoms with Crippen LogP contribution < -0.4 is 5.32 Å². The minimum Gasteiger partial charge on any atom is -0.408 e. The molecule has 108 valence electrons. The van der Waals surface area contributed by atoms with E-state index in [4.69, 9.17) is 16.0 Å². The first-order valence-corrected chi connectivity index (χ1v) is 6.51. The van der Waals surface area contributed by atoms with Crippen molar-refractivity contribution in [1.82, 2.24) is 10.2 Å². The van der Waals surface area contributed by atoms with Gasteiger partial charge >= 0.3 is 6.01 Å². The molecule has 9 heteroatoms. The van der Waals surface area contributed by atoms with Crippen molar-refractivity contribution in [2.75, 3.05) is 5.32 Å². The Morgan fingerprint density at radius 1 is 1.43 bits per heavy atom. The Hall–Kier alpha value is -2.48. The van der Waals surface area contributed by atoms with Crippen molar-refractivity contribution < 1.29 is 14.1 Å². The predicted octanol–water partition coefficient (Wildman–Crippen LogP) is 2.76. The van der Waals surface area contributed by atoms with Crippen molar-refractivity contribution >= 4 is 29.2 Å². The molecular formula is C12H9ClN4O4. The summed E-state index contributed by atoms with van der Waals surface area (Å²) in [5.41, 5.74) is -0.259. The number of aromatic nitrogens is 2. The molecule has 3 rings (SSSR count). The average Bonchev–Trinajstić information content (AvgIpc) is 3.19. The molecule has 0 unspecified atom stereocenters. The molecule has 8 nitrogen and oxygen atoms in total. The number of nitrogens with one attached hydrogen (secondary N) is 1. The summed E-state index contributed by atoms with van der Waals surface area (Å²) in [6.45, 7) is 0. The molecule has 2 aromatic rings. The third kappa shape index (κ3) is 2.84. The fourth-order valence-corrected chi connectivity index (χ4v) is 1.93. The van der Waals surface area contributed by atoms with Crippen molar-refractivity contribution in [3.8, 4) is 0 Å². The van der Waals surface area contributed by atoms with Crippen LogP contribution in [0.25, 0.3) is 0 Å². The summed E-state index contributed by atoms with van der Waals surface area (Å²) < 4.78 is 5.29. The average molecular weight is 309 g/mol. The van der Waals surface area contributed by atoms with E-state index in [9.17, 15) is 14.9 Å². The number of amides is 1. The summed E-state index contributed by atoms with van der Waals surface area (Å²) in [5, 5.41) is 20.7. The quantitative estimate of drug-likeness (QED) is 0.686. The highest BCUT2D eigenvalue weighted by Gasteiger charge is 2.29. The largest absolute Gasteiger partial charge is 0.408 e. The second-order valence-electron chi connectivity index (χ2n) is 4.60. The lowest BCUT2D eigenvalue weighted by Gasteiger charge is -2.01. The Bertz CT molecular complexity index is 726. The van der Waals surface area contributed by atoms with Gasteiger partial charge in [-0.3, -0.25) is 20.2 Å². The second-order valence-corrected chi connectivity index (χ2v) is 5.00. The molecule has 0 saturated heterocycles. The second kappa shape index (κ2) is 5.13. The Labute approximate surface area is 123 Å². The number of halogens is 1. The number of anilines is 1. The van der Waals surface area contributed by atoms with Gasteiger partial charge in [-0.05, 0) is 25.0 Å². The van der Waals surface area contributed by atoms with Crippen LogP contribution in [0, 0.1) is 10.1 Å². The molecule has 1 aliphatic carbocycles. The molecule has 0 atom stereocenters. The number of carbonyl (C=O) groups is 1. The van der Waals surface area contributed by atoms with E-state index in [1.165, 1.54) is 12.1 Å². The first kappa shape index (κ1) is 13.5. The molecule has 1 aliphatic rings. The van der Waals surface area contributed by atoms with Gasteiger partial charge in [0.15, 0.2) is 0 Å². The predicted molar refractivity (Wildman–Crippen MR) is 72.3 cm³/mol. The number of carbonyl (C=O) groups excluding carboxylic acids is 1. The molecule has 1 aromatic carbocycles. The van der Waals surface area contributed by atoms with Gasteiger partial charge in [-0.1, -0.05) is 16.7 Å². The first-order valence-electron chi connectivity index (χ1n) is 6.13. The molecule has 0 radical (unpaired) electrons. The molecule has 1 aromatic heterocycles. The highest BCUT2D eigenvalue weighted by atomic mass is 35.5. The van der Waals surface area contributed by atoms with Crippen LogP contribution in [-0.2, 0) is 0 Å². The van der Waals surface area contributed by atoms with Crippen LogP contribution in [0.1, 0.15) is 35.0 Å². The van der Waals surface area contributed by atoms with Crippen LogP contribution in [0.2, 0.25) is 5.02 Å². The standard InChI is InChI=1S/C12H9ClN4O4/c13-8-4-3-7(5-9(8)17(19)20)10(18)14-12-16-15-11(21-12)6-1-2-6/h3-6H,1-2H2,(H,14,16,18). The van der Waals surface area contributed by atoms with Gasteiger partial charge < -0.3 is 4.42 Å². The van der Waals surface area contributed by atoms with Gasteiger partial charge in [0.05, 0.1) is 4.92 Å². The molecule has 1 N–H and O–H groups in total. The van der Waals surface area contributed by atoms with Crippen LogP contribution in [0.3, 0.4) is 0 Å². The van der Waals surface area contributed by atoms with E-state index >= 15 is 0 Å². The Kier molecular flexibility index (Phi) is 3.30. The van der Waals surface area contributed by atoms with E-state index in [1.807, 2.05) is 0 Å². The molecule has 1 saturated carbocycles. The zero-order valence-electron chi connectivity index (χ0n) is 10.6. The van der Waals surface area contributed by atoms with E-state index in [-0.39, 0.29) is 28.2 Å². The molecule has 1 heterocycles. The SMILES string of the molecule is O=C(Nc1nnc(C2CC2)o1)c1ccc(Cl)c([N+](=O)[O-])c1. The Balaban J connectivity index is 1.77. The summed E-state index contributed by atoms with van der Waals surface area (Å²) in [5.74, 6) is 0.188. The summed E-state index contributed by atoms with van der Waals surface area (Å²) in [7, 11) is 0. The molecular weight excluding hydrogens is 300 g/mol. The lowest BCUT2D eigenvalue weighted by molar-refractivity contribution is -0.384. The maximum absolute atomic E-state index is 12.0. The lowest BCUT2D eigenvalue weighted by atomic mass is 10.2. The van der Waals surface area contributed by atoms with Gasteiger partial charge in [-0.25, -0.2) is 0 Å². The fraction of sp³-hybridized carbons (Fsp3) is 0.250. The van der Waals surface area contributed by atoms with E-state index in [0.29, 0.717) is 5.89 Å². The normalized spacial score (nSPS) is 14.0. The van der Waals surface area contributed by atoms with Crippen LogP contribution >= 0.6 is 11.6 Å². The van der Waals surface area contributed by atoms with Crippen LogP contribution in [0.5, 0.6) is 0 Å². The van der Waals surface area contributed by atoms with Gasteiger partial charge in [0.25, 0.3) is 11.6 Å². The minimum atomic E-state index is -0.656. The molecule has 1 fully saturated rings. The van der Waals surface area contributed by atoms with Crippen LogP contribution in [-0.4, -0.2) is 21.0 Å². The third-order valence-electron chi connectivity index (χ3n) is 2.99. The maximum atomic E-state index is 12.0. The summed E-state index contributed by atoms with van der Waals surface area (Å²) in [6, 6.07) is 3.73. The number of hydrogen-bond donors (Lipinski definition) is 1. The van der Waals surface area contributed by atoms with Gasteiger partial charge in [-0.2, -0.15) is 0 Å². The number of nitrogens with zero attached hydrogens (tertiary/aromatic N) is 3. The zero-order valence-corrected chi connectivity index (χ0v) is 11.3. The summed E-state index contributed by atoms with van der Waals surface area (Å²) in [6.07, 6.45) is 2.00. The minimum absolute atomic E-state index is 0.0282. The van der Waals surface area contributed by atoms with E-state index in [1.54, 1.807) is 0 Å². The fourth-order valence-electron chi connectivity index (χ4n) is 1.74. The van der Waals surface area contributed by atoms with Crippen molar-refractivity contribution in [2.24, 2.45) is 0 Å². The Morgan fingerprint density at radius 2 is 2.19 bits per heavy atom. The molecule has 21 heavy (non-hydrogen) atoms. The van der Waals surface area contributed by atoms with Crippen molar-refractivity contribution in [2.45, 2.75) is 18.8 Å². The topological polar surface area (TPSA) is 111 Å². The molecule has 0 aliphatic heterocycles. The van der Waals surface area contributed by atoms with E-state index in [0.717, 1.165) is 18.9 Å². The van der Waals surface area contributed by atoms with Gasteiger partial charge in [0.2, 0.25) is 5.89 Å². The molecule has 0 bridgehead atoms. The highest BCUT2D eigenvalue weighted by molar-refractivity contribution is 6.32. The van der Waals surface area contributed by atoms with Gasteiger partial charge in [-0.15, -0.1) is 5.10 Å². The summed E-state index contributed by atoms with van der Waals surface area (Å²) >= 11 is 5.69. The van der Waals surface area contributed by atoms with Crippen molar-refractivity contribution in [3.63, 3.8) is 0 Å². The van der Waals surface area contributed by atoms with E-state index in [2.05, 4.69) is 15.5 Å². The van der Waals surface area contributed by atoms with Gasteiger partial charge in [0, 0.05) is 17.5 Å². The van der Waals surface area contributed by atoms with Crippen molar-refractivity contribution in [3.05, 3.63) is 44.8 Å². The number of nitro groups is 1. The molecule has 1 amide bonds. The number of hydrogen-bond acceptors (Lipinski definition) is 6. The van der Waals surface area contributed by atoms with E-state index < -0.39 is 10.8 Å². The Morgan fingerprint density at radius 3 is 2.86 bits per heavy atom. The number of nitro benzene ring substituents is 1. The monoisotopic (exact) mass is 308 g/mol. The molecule has 0 spiro atoms. The highest BCUT2D eigenvalue weighted by Crippen LogP contribution is 2.39. The maximum Gasteiger partial charge on any atom is 0.322 e. The lowest BCUT2D eigenvalue weighted by Crippen LogP contribution is -2.12. The smallest absolute Gasteiger partial charge is 0.322 e. The third-order valence-corrected chi connectivity index (χ3v) is 3.31. The summed E-state index contributed by atoms with van der Waals surface area (Å²) in [4.78, 5) is 22.1. The van der Waals surface area contributed by atoms with Crippen LogP contribution in [0.4, 0.5) is 11.7 Å².